The van der Waals surface area contributed by atoms with E-state index >= 15 is 0 Å². The van der Waals surface area contributed by atoms with E-state index in [-0.39, 0.29) is 24.5 Å². The van der Waals surface area contributed by atoms with Crippen LogP contribution < -0.4 is 0 Å². The Morgan fingerprint density at radius 3 is 2.62 bits per heavy atom. The van der Waals surface area contributed by atoms with Crippen LogP contribution in [-0.4, -0.2) is 37.0 Å². The van der Waals surface area contributed by atoms with Gasteiger partial charge in [0.2, 0.25) is 0 Å². The second-order valence-electron chi connectivity index (χ2n) is 4.10. The highest BCUT2D eigenvalue weighted by Gasteiger charge is 2.16. The molecule has 1 rings (SSSR count). The van der Waals surface area contributed by atoms with Gasteiger partial charge in [-0.1, -0.05) is 12.1 Å². The summed E-state index contributed by atoms with van der Waals surface area (Å²) < 4.78 is 9.61. The average Bonchev–Trinajstić information content (AvgIpc) is 2.44. The van der Waals surface area contributed by atoms with Crippen LogP contribution in [0.15, 0.2) is 29.8 Å². The first-order valence-corrected chi connectivity index (χ1v) is 6.09. The summed E-state index contributed by atoms with van der Waals surface area (Å²) in [6.07, 6.45) is 1.27. The molecule has 1 aromatic carbocycles. The van der Waals surface area contributed by atoms with Gasteiger partial charge in [-0.25, -0.2) is 4.79 Å². The smallest absolute Gasteiger partial charge is 0.341 e. The van der Waals surface area contributed by atoms with Gasteiger partial charge in [-0.3, -0.25) is 14.9 Å². The maximum absolute atomic E-state index is 11.8. The largest absolute Gasteiger partial charge is 0.460 e. The molecule has 0 unspecified atom stereocenters. The van der Waals surface area contributed by atoms with Gasteiger partial charge in [-0.05, 0) is 18.6 Å². The predicted molar refractivity (Wildman–Crippen MR) is 74.6 cm³/mol. The molecule has 21 heavy (non-hydrogen) atoms. The van der Waals surface area contributed by atoms with Crippen molar-refractivity contribution in [3.63, 3.8) is 0 Å². The number of methoxy groups -OCH3 is 1. The quantitative estimate of drug-likeness (QED) is 0.144. The molecule has 0 aliphatic heterocycles. The van der Waals surface area contributed by atoms with Gasteiger partial charge in [-0.15, -0.1) is 0 Å². The van der Waals surface area contributed by atoms with Crippen molar-refractivity contribution < 1.29 is 24.0 Å². The van der Waals surface area contributed by atoms with Gasteiger partial charge in [0.1, 0.15) is 12.2 Å². The molecule has 112 valence electrons. The lowest BCUT2D eigenvalue weighted by atomic mass is 10.1. The highest BCUT2D eigenvalue weighted by molar-refractivity contribution is 6.19. The van der Waals surface area contributed by atoms with Crippen LogP contribution in [0.4, 0.5) is 5.69 Å². The van der Waals surface area contributed by atoms with Gasteiger partial charge in [0.05, 0.1) is 11.5 Å². The Morgan fingerprint density at radius 1 is 1.33 bits per heavy atom. The summed E-state index contributed by atoms with van der Waals surface area (Å²) in [6, 6.07) is 5.61. The molecule has 0 aliphatic rings. The Balaban J connectivity index is 2.99. The lowest BCUT2D eigenvalue weighted by Crippen LogP contribution is -2.16. The van der Waals surface area contributed by atoms with Gasteiger partial charge < -0.3 is 9.47 Å². The van der Waals surface area contributed by atoms with E-state index in [0.717, 1.165) is 0 Å². The van der Waals surface area contributed by atoms with Crippen molar-refractivity contribution in [3.8, 4) is 0 Å². The van der Waals surface area contributed by atoms with E-state index < -0.39 is 16.7 Å². The van der Waals surface area contributed by atoms with Crippen LogP contribution >= 0.6 is 0 Å². The number of non-ortho nitro benzene ring substituents is 1. The molecule has 0 aromatic heterocycles. The van der Waals surface area contributed by atoms with E-state index in [9.17, 15) is 19.7 Å². The highest BCUT2D eigenvalue weighted by Crippen LogP contribution is 2.16. The number of ether oxygens (including phenoxy) is 2. The molecule has 1 aromatic rings. The first-order valence-electron chi connectivity index (χ1n) is 6.09. The summed E-state index contributed by atoms with van der Waals surface area (Å²) in [4.78, 5) is 33.4. The number of nitro benzene ring substituents is 1. The highest BCUT2D eigenvalue weighted by atomic mass is 16.6. The van der Waals surface area contributed by atoms with Crippen molar-refractivity contribution in [2.45, 2.75) is 6.92 Å². The Morgan fingerprint density at radius 2 is 2.05 bits per heavy atom. The number of benzene rings is 1. The van der Waals surface area contributed by atoms with Crippen LogP contribution in [-0.2, 0) is 19.1 Å². The summed E-state index contributed by atoms with van der Waals surface area (Å²) in [5.74, 6) is -1.27. The fourth-order valence-corrected chi connectivity index (χ4v) is 1.49. The first kappa shape index (κ1) is 16.5. The number of carbonyl (C=O) groups excluding carboxylic acids is 2. The van der Waals surface area contributed by atoms with Gasteiger partial charge in [0.15, 0.2) is 5.78 Å². The van der Waals surface area contributed by atoms with E-state index in [2.05, 4.69) is 0 Å². The Bertz CT molecular complexity index is 579. The number of hydrogen-bond donors (Lipinski definition) is 0. The van der Waals surface area contributed by atoms with Crippen LogP contribution in [0.5, 0.6) is 0 Å². The summed E-state index contributed by atoms with van der Waals surface area (Å²) in [5.41, 5.74) is 0.0732. The normalized spacial score (nSPS) is 11.0. The van der Waals surface area contributed by atoms with Crippen molar-refractivity contribution in [1.82, 2.24) is 0 Å². The molecule has 0 saturated heterocycles. The molecule has 0 bridgehead atoms. The minimum Gasteiger partial charge on any atom is -0.460 e. The third-order valence-corrected chi connectivity index (χ3v) is 2.51. The van der Waals surface area contributed by atoms with Crippen LogP contribution in [0.2, 0.25) is 0 Å². The van der Waals surface area contributed by atoms with Gasteiger partial charge in [0.25, 0.3) is 5.69 Å². The number of Topliss-reactive ketones (excluding diaryl/α,β-unsaturated/α-hetero) is 1. The van der Waals surface area contributed by atoms with E-state index in [1.54, 1.807) is 6.07 Å². The molecule has 0 saturated carbocycles. The molecule has 0 amide bonds. The zero-order chi connectivity index (χ0) is 15.8. The molecule has 0 fully saturated rings. The zero-order valence-electron chi connectivity index (χ0n) is 11.7. The number of nitro groups is 1. The Hall–Kier alpha value is -2.54. The molecular weight excluding hydrogens is 278 g/mol. The number of carbonyl (C=O) groups is 2. The summed E-state index contributed by atoms with van der Waals surface area (Å²) in [5, 5.41) is 10.7. The van der Waals surface area contributed by atoms with Crippen molar-refractivity contribution in [1.29, 1.82) is 0 Å². The number of esters is 1. The maximum Gasteiger partial charge on any atom is 0.341 e. The third-order valence-electron chi connectivity index (χ3n) is 2.51. The Labute approximate surface area is 121 Å². The second kappa shape index (κ2) is 7.91. The summed E-state index contributed by atoms with van der Waals surface area (Å²) >= 11 is 0. The van der Waals surface area contributed by atoms with Crippen molar-refractivity contribution in [2.75, 3.05) is 20.3 Å². The monoisotopic (exact) mass is 293 g/mol. The van der Waals surface area contributed by atoms with Gasteiger partial charge >= 0.3 is 5.97 Å². The predicted octanol–water partition coefficient (Wildman–Crippen LogP) is 1.76. The maximum atomic E-state index is 11.8. The fraction of sp³-hybridized carbons (Fsp3) is 0.286. The van der Waals surface area contributed by atoms with E-state index in [1.165, 1.54) is 38.3 Å². The van der Waals surface area contributed by atoms with Gasteiger partial charge in [0, 0.05) is 19.2 Å². The SMILES string of the molecule is COCCOC(=O)/C(=C/c1cccc([N+](=O)[O-])c1)C(C)=O. The standard InChI is InChI=1S/C14H15NO6/c1-10(16)13(14(17)21-7-6-20-2)9-11-4-3-5-12(8-11)15(18)19/h3-5,8-9H,6-7H2,1-2H3/b13-9+. The Kier molecular flexibility index (Phi) is 6.22. The third kappa shape index (κ3) is 5.15. The number of nitrogens with zero attached hydrogens (tertiary/aromatic N) is 1. The summed E-state index contributed by atoms with van der Waals surface area (Å²) in [7, 11) is 1.46. The van der Waals surface area contributed by atoms with Crippen LogP contribution in [0.3, 0.4) is 0 Å². The minimum atomic E-state index is -0.786. The molecule has 0 spiro atoms. The average molecular weight is 293 g/mol. The lowest BCUT2D eigenvalue weighted by molar-refractivity contribution is -0.384. The number of hydrogen-bond acceptors (Lipinski definition) is 6. The van der Waals surface area contributed by atoms with Crippen molar-refractivity contribution in [2.24, 2.45) is 0 Å². The van der Waals surface area contributed by atoms with Gasteiger partial charge in [-0.2, -0.15) is 0 Å². The van der Waals surface area contributed by atoms with E-state index in [0.29, 0.717) is 5.56 Å². The molecule has 0 radical (unpaired) electrons. The summed E-state index contributed by atoms with van der Waals surface area (Å²) in [6.45, 7) is 1.46. The fourth-order valence-electron chi connectivity index (χ4n) is 1.49. The van der Waals surface area contributed by atoms with Crippen molar-refractivity contribution >= 4 is 23.5 Å². The topological polar surface area (TPSA) is 95.7 Å². The molecule has 0 atom stereocenters. The molecule has 7 heteroatoms. The molecule has 0 aliphatic carbocycles. The first-order chi connectivity index (χ1) is 9.95. The van der Waals surface area contributed by atoms with Crippen molar-refractivity contribution in [3.05, 3.63) is 45.5 Å². The van der Waals surface area contributed by atoms with Crippen LogP contribution in [0.1, 0.15) is 12.5 Å². The molecular formula is C14H15NO6. The molecule has 0 N–H and O–H groups in total. The number of ketones is 1. The van der Waals surface area contributed by atoms with E-state index in [1.807, 2.05) is 0 Å². The second-order valence-corrected chi connectivity index (χ2v) is 4.10. The van der Waals surface area contributed by atoms with Crippen LogP contribution in [0, 0.1) is 10.1 Å². The van der Waals surface area contributed by atoms with E-state index in [4.69, 9.17) is 9.47 Å². The lowest BCUT2D eigenvalue weighted by Gasteiger charge is -2.05. The molecule has 0 heterocycles. The van der Waals surface area contributed by atoms with Crippen LogP contribution in [0.25, 0.3) is 6.08 Å². The zero-order valence-corrected chi connectivity index (χ0v) is 11.7. The number of rotatable bonds is 7. The molecule has 7 nitrogen and oxygen atoms in total. The minimum absolute atomic E-state index is 0.0227.